The molecule has 0 radical (unpaired) electrons. The number of halogens is 3. The molecule has 1 heterocycles. The van der Waals surface area contributed by atoms with Gasteiger partial charge in [0.25, 0.3) is 0 Å². The molecule has 1 aromatic carbocycles. The number of likely N-dealkylation sites (tertiary alicyclic amines) is 1. The first-order chi connectivity index (χ1) is 12.4. The van der Waals surface area contributed by atoms with Gasteiger partial charge in [0.1, 0.15) is 0 Å². The molecule has 1 aromatic rings. The van der Waals surface area contributed by atoms with E-state index in [4.69, 9.17) is 11.6 Å². The molecule has 3 fully saturated rings. The van der Waals surface area contributed by atoms with Crippen molar-refractivity contribution in [1.82, 2.24) is 4.90 Å². The summed E-state index contributed by atoms with van der Waals surface area (Å²) in [5, 5.41) is 3.28. The Bertz CT molecular complexity index is 757. The standard InChI is InChI=1S/C18H17Br2ClN2O3/c19-15-10-7-11(16(15)20)14-13(10)17(25)23(18(14)26)5-4-12(24)22-9-3-1-2-8(21)6-9/h1-3,6,10-11,13-16H,4-5,7H2,(H,22,24). The van der Waals surface area contributed by atoms with Crippen molar-refractivity contribution in [3.8, 4) is 0 Å². The molecular formula is C18H17Br2ClN2O3. The number of nitrogens with zero attached hydrogens (tertiary/aromatic N) is 1. The molecule has 1 N–H and O–H groups in total. The number of imide groups is 1. The molecule has 1 aliphatic heterocycles. The number of rotatable bonds is 4. The number of benzene rings is 1. The van der Waals surface area contributed by atoms with Crippen molar-refractivity contribution < 1.29 is 14.4 Å². The fraction of sp³-hybridized carbons (Fsp3) is 0.500. The van der Waals surface area contributed by atoms with Gasteiger partial charge < -0.3 is 5.32 Å². The summed E-state index contributed by atoms with van der Waals surface area (Å²) >= 11 is 13.2. The zero-order chi connectivity index (χ0) is 18.6. The Morgan fingerprint density at radius 1 is 1.15 bits per heavy atom. The van der Waals surface area contributed by atoms with Crippen LogP contribution < -0.4 is 5.32 Å². The van der Waals surface area contributed by atoms with Crippen LogP contribution in [0.2, 0.25) is 5.02 Å². The molecule has 2 bridgehead atoms. The van der Waals surface area contributed by atoms with Crippen molar-refractivity contribution in [3.05, 3.63) is 29.3 Å². The van der Waals surface area contributed by atoms with Gasteiger partial charge >= 0.3 is 0 Å². The summed E-state index contributed by atoms with van der Waals surface area (Å²) in [6.07, 6.45) is 0.982. The molecule has 2 aliphatic carbocycles. The first-order valence-electron chi connectivity index (χ1n) is 8.57. The van der Waals surface area contributed by atoms with Crippen molar-refractivity contribution in [2.24, 2.45) is 23.7 Å². The summed E-state index contributed by atoms with van der Waals surface area (Å²) in [5.41, 5.74) is 0.598. The zero-order valence-corrected chi connectivity index (χ0v) is 17.6. The lowest BCUT2D eigenvalue weighted by Gasteiger charge is -2.28. The number of carbonyl (C=O) groups excluding carboxylic acids is 3. The number of amides is 3. The number of nitrogens with one attached hydrogen (secondary N) is 1. The molecule has 138 valence electrons. The van der Waals surface area contributed by atoms with Gasteiger partial charge in [-0.25, -0.2) is 0 Å². The summed E-state index contributed by atoms with van der Waals surface area (Å²) in [6, 6.07) is 6.86. The summed E-state index contributed by atoms with van der Waals surface area (Å²) in [7, 11) is 0. The number of anilines is 1. The molecule has 5 nitrogen and oxygen atoms in total. The lowest BCUT2D eigenvalue weighted by molar-refractivity contribution is -0.140. The highest BCUT2D eigenvalue weighted by Gasteiger charge is 2.66. The van der Waals surface area contributed by atoms with Crippen LogP contribution in [0.4, 0.5) is 5.69 Å². The Morgan fingerprint density at radius 2 is 1.77 bits per heavy atom. The fourth-order valence-corrected chi connectivity index (χ4v) is 6.70. The average molecular weight is 505 g/mol. The van der Waals surface area contributed by atoms with Crippen LogP contribution in [0.1, 0.15) is 12.8 Å². The van der Waals surface area contributed by atoms with Crippen molar-refractivity contribution in [3.63, 3.8) is 0 Å². The Balaban J connectivity index is 1.40. The molecule has 1 saturated heterocycles. The minimum atomic E-state index is -0.246. The molecule has 4 rings (SSSR count). The molecule has 8 heteroatoms. The largest absolute Gasteiger partial charge is 0.326 e. The summed E-state index contributed by atoms with van der Waals surface area (Å²) in [5.74, 6) is -0.570. The summed E-state index contributed by atoms with van der Waals surface area (Å²) < 4.78 is 0. The normalized spacial score (nSPS) is 35.1. The van der Waals surface area contributed by atoms with Gasteiger partial charge in [0.15, 0.2) is 0 Å². The molecular weight excluding hydrogens is 487 g/mol. The quantitative estimate of drug-likeness (QED) is 0.505. The number of hydrogen-bond acceptors (Lipinski definition) is 3. The van der Waals surface area contributed by atoms with E-state index in [0.717, 1.165) is 6.42 Å². The maximum absolute atomic E-state index is 12.8. The van der Waals surface area contributed by atoms with Crippen molar-refractivity contribution in [1.29, 1.82) is 0 Å². The van der Waals surface area contributed by atoms with E-state index < -0.39 is 0 Å². The molecule has 3 aliphatic rings. The van der Waals surface area contributed by atoms with E-state index in [9.17, 15) is 14.4 Å². The second-order valence-corrected chi connectivity index (χ2v) is 9.69. The second-order valence-electron chi connectivity index (χ2n) is 7.14. The van der Waals surface area contributed by atoms with Crippen LogP contribution in [0, 0.1) is 23.7 Å². The van der Waals surface area contributed by atoms with Crippen LogP contribution in [0.5, 0.6) is 0 Å². The van der Waals surface area contributed by atoms with Gasteiger partial charge in [-0.15, -0.1) is 0 Å². The molecule has 0 spiro atoms. The highest BCUT2D eigenvalue weighted by atomic mass is 79.9. The van der Waals surface area contributed by atoms with Gasteiger partial charge in [-0.05, 0) is 36.5 Å². The average Bonchev–Trinajstić information content (AvgIpc) is 3.19. The lowest BCUT2D eigenvalue weighted by atomic mass is 9.81. The van der Waals surface area contributed by atoms with Gasteiger partial charge in [-0.3, -0.25) is 19.3 Å². The third kappa shape index (κ3) is 2.92. The van der Waals surface area contributed by atoms with E-state index in [1.807, 2.05) is 0 Å². The van der Waals surface area contributed by atoms with E-state index in [1.54, 1.807) is 24.3 Å². The van der Waals surface area contributed by atoms with Crippen LogP contribution in [0.15, 0.2) is 24.3 Å². The van der Waals surface area contributed by atoms with Crippen LogP contribution in [0.25, 0.3) is 0 Å². The van der Waals surface area contributed by atoms with Gasteiger partial charge in [-0.2, -0.15) is 0 Å². The summed E-state index contributed by atoms with van der Waals surface area (Å²) in [6.45, 7) is 0.121. The van der Waals surface area contributed by atoms with Gasteiger partial charge in [0, 0.05) is 33.3 Å². The van der Waals surface area contributed by atoms with Gasteiger partial charge in [0.2, 0.25) is 17.7 Å². The Labute approximate surface area is 173 Å². The first kappa shape index (κ1) is 18.4. The molecule has 0 aromatic heterocycles. The SMILES string of the molecule is O=C(CCN1C(=O)C2C3CC(C(Br)C3Br)C2C1=O)Nc1cccc(Cl)c1. The number of fused-ring (bicyclic) bond motifs is 5. The highest BCUT2D eigenvalue weighted by molar-refractivity contribution is 9.12. The van der Waals surface area contributed by atoms with Crippen LogP contribution >= 0.6 is 43.5 Å². The first-order valence-corrected chi connectivity index (χ1v) is 10.8. The Kier molecular flexibility index (Phi) is 4.90. The van der Waals surface area contributed by atoms with E-state index >= 15 is 0 Å². The topological polar surface area (TPSA) is 66.5 Å². The molecule has 3 amide bonds. The highest BCUT2D eigenvalue weighted by Crippen LogP contribution is 2.60. The van der Waals surface area contributed by atoms with Crippen molar-refractivity contribution in [2.75, 3.05) is 11.9 Å². The number of alkyl halides is 2. The second kappa shape index (κ2) is 6.91. The lowest BCUT2D eigenvalue weighted by Crippen LogP contribution is -2.37. The monoisotopic (exact) mass is 502 g/mol. The predicted molar refractivity (Wildman–Crippen MR) is 105 cm³/mol. The number of hydrogen-bond donors (Lipinski definition) is 1. The van der Waals surface area contributed by atoms with Crippen molar-refractivity contribution >= 4 is 66.9 Å². The smallest absolute Gasteiger partial charge is 0.233 e. The number of carbonyl (C=O) groups is 3. The predicted octanol–water partition coefficient (Wildman–Crippen LogP) is 3.45. The Hall–Kier alpha value is -0.920. The Morgan fingerprint density at radius 3 is 2.35 bits per heavy atom. The fourth-order valence-electron chi connectivity index (χ4n) is 4.63. The minimum absolute atomic E-state index is 0.0776. The third-order valence-corrected chi connectivity index (χ3v) is 9.19. The van der Waals surface area contributed by atoms with Gasteiger partial charge in [-0.1, -0.05) is 49.5 Å². The summed E-state index contributed by atoms with van der Waals surface area (Å²) in [4.78, 5) is 39.4. The van der Waals surface area contributed by atoms with Crippen LogP contribution in [-0.4, -0.2) is 38.8 Å². The van der Waals surface area contributed by atoms with Crippen LogP contribution in [0.3, 0.4) is 0 Å². The molecule has 6 unspecified atom stereocenters. The minimum Gasteiger partial charge on any atom is -0.326 e. The maximum atomic E-state index is 12.8. The van der Waals surface area contributed by atoms with E-state index in [2.05, 4.69) is 37.2 Å². The van der Waals surface area contributed by atoms with Crippen molar-refractivity contribution in [2.45, 2.75) is 22.5 Å². The van der Waals surface area contributed by atoms with Gasteiger partial charge in [0.05, 0.1) is 11.8 Å². The van der Waals surface area contributed by atoms with E-state index in [-0.39, 0.29) is 64.0 Å². The third-order valence-electron chi connectivity index (χ3n) is 5.75. The molecule has 6 atom stereocenters. The van der Waals surface area contributed by atoms with E-state index in [0.29, 0.717) is 10.7 Å². The molecule has 26 heavy (non-hydrogen) atoms. The molecule has 2 saturated carbocycles. The van der Waals surface area contributed by atoms with Crippen LogP contribution in [-0.2, 0) is 14.4 Å². The zero-order valence-electron chi connectivity index (χ0n) is 13.7. The van der Waals surface area contributed by atoms with E-state index in [1.165, 1.54) is 4.90 Å². The maximum Gasteiger partial charge on any atom is 0.233 e.